The molecule has 196 valence electrons. The highest BCUT2D eigenvalue weighted by atomic mass is 16.5. The number of nitrogens with zero attached hydrogens (tertiary/aromatic N) is 6. The predicted octanol–water partition coefficient (Wildman–Crippen LogP) is 3.06. The number of hydrogen-bond acceptors (Lipinski definition) is 8. The summed E-state index contributed by atoms with van der Waals surface area (Å²) in [5.41, 5.74) is 3.01. The van der Waals surface area contributed by atoms with E-state index in [0.717, 1.165) is 38.4 Å². The topological polar surface area (TPSA) is 110 Å². The van der Waals surface area contributed by atoms with Gasteiger partial charge in [-0.1, -0.05) is 18.2 Å². The predicted molar refractivity (Wildman–Crippen MR) is 145 cm³/mol. The number of allylic oxidation sites excluding steroid dienone is 1. The highest BCUT2D eigenvalue weighted by molar-refractivity contribution is 5.77. The van der Waals surface area contributed by atoms with E-state index in [1.807, 2.05) is 6.07 Å². The van der Waals surface area contributed by atoms with Gasteiger partial charge in [-0.2, -0.15) is 4.98 Å². The standard InChI is InChI=1S/C28H31N7O3/c1-4-11-34-26(36)21-16-29-27(32-25(21)35(34)24-7-5-6-23(31-24)28(2,3)37)30-19-8-9-20-18(15-19)10-12-33-13-14-38-17-22(20)33/h4-9,15-16,22,37H,1,10-14,17H2,2-3H3,(H,29,30,32). The lowest BCUT2D eigenvalue weighted by molar-refractivity contribution is -0.0128. The van der Waals surface area contributed by atoms with Gasteiger partial charge in [0.2, 0.25) is 5.95 Å². The number of benzene rings is 1. The summed E-state index contributed by atoms with van der Waals surface area (Å²) in [5.74, 6) is 0.843. The van der Waals surface area contributed by atoms with Crippen LogP contribution in [0.1, 0.15) is 36.7 Å². The van der Waals surface area contributed by atoms with Crippen LogP contribution in [0, 0.1) is 0 Å². The van der Waals surface area contributed by atoms with Gasteiger partial charge in [-0.15, -0.1) is 6.58 Å². The van der Waals surface area contributed by atoms with Gasteiger partial charge in [0.25, 0.3) is 5.56 Å². The maximum absolute atomic E-state index is 13.2. The molecule has 6 rings (SSSR count). The molecular weight excluding hydrogens is 482 g/mol. The summed E-state index contributed by atoms with van der Waals surface area (Å²) >= 11 is 0. The molecule has 38 heavy (non-hydrogen) atoms. The van der Waals surface area contributed by atoms with Crippen molar-refractivity contribution < 1.29 is 9.84 Å². The first-order chi connectivity index (χ1) is 18.3. The van der Waals surface area contributed by atoms with Gasteiger partial charge in [0.15, 0.2) is 11.5 Å². The van der Waals surface area contributed by atoms with E-state index in [1.54, 1.807) is 49.0 Å². The number of hydrogen-bond donors (Lipinski definition) is 2. The molecule has 1 unspecified atom stereocenters. The lowest BCUT2D eigenvalue weighted by Crippen LogP contribution is -2.43. The van der Waals surface area contributed by atoms with Gasteiger partial charge in [0.1, 0.15) is 11.0 Å². The van der Waals surface area contributed by atoms with Crippen LogP contribution < -0.4 is 10.9 Å². The summed E-state index contributed by atoms with van der Waals surface area (Å²) in [6, 6.07) is 12.0. The van der Waals surface area contributed by atoms with Crippen LogP contribution in [0.25, 0.3) is 16.9 Å². The summed E-state index contributed by atoms with van der Waals surface area (Å²) in [6.07, 6.45) is 4.17. The fourth-order valence-electron chi connectivity index (χ4n) is 5.30. The maximum atomic E-state index is 13.2. The van der Waals surface area contributed by atoms with Crippen LogP contribution in [0.3, 0.4) is 0 Å². The van der Waals surface area contributed by atoms with Crippen molar-refractivity contribution in [3.63, 3.8) is 0 Å². The minimum atomic E-state index is -1.14. The fraction of sp³-hybridized carbons (Fsp3) is 0.357. The van der Waals surface area contributed by atoms with Gasteiger partial charge in [0.05, 0.1) is 31.5 Å². The second-order valence-electron chi connectivity index (χ2n) is 10.3. The Hall–Kier alpha value is -3.86. The number of rotatable bonds is 6. The molecule has 1 saturated heterocycles. The van der Waals surface area contributed by atoms with E-state index in [2.05, 4.69) is 38.9 Å². The lowest BCUT2D eigenvalue weighted by atomic mass is 9.92. The molecule has 10 heteroatoms. The van der Waals surface area contributed by atoms with Crippen LogP contribution in [0.4, 0.5) is 11.6 Å². The third-order valence-corrected chi connectivity index (χ3v) is 7.22. The van der Waals surface area contributed by atoms with Gasteiger partial charge in [-0.25, -0.2) is 19.3 Å². The monoisotopic (exact) mass is 513 g/mol. The van der Waals surface area contributed by atoms with Crippen LogP contribution in [-0.4, -0.2) is 60.6 Å². The number of aromatic nitrogens is 5. The molecule has 0 bridgehead atoms. The van der Waals surface area contributed by atoms with Crippen molar-refractivity contribution in [2.45, 2.75) is 38.5 Å². The van der Waals surface area contributed by atoms with E-state index in [9.17, 15) is 9.90 Å². The Balaban J connectivity index is 1.39. The number of nitrogens with one attached hydrogen (secondary N) is 1. The third kappa shape index (κ3) is 4.30. The first-order valence-corrected chi connectivity index (χ1v) is 12.8. The zero-order valence-electron chi connectivity index (χ0n) is 21.6. The van der Waals surface area contributed by atoms with Crippen molar-refractivity contribution in [2.75, 3.05) is 31.6 Å². The van der Waals surface area contributed by atoms with E-state index in [-0.39, 0.29) is 12.1 Å². The average molecular weight is 514 g/mol. The molecule has 0 aliphatic carbocycles. The first kappa shape index (κ1) is 24.5. The molecule has 3 aromatic heterocycles. The fourth-order valence-corrected chi connectivity index (χ4v) is 5.30. The second kappa shape index (κ2) is 9.46. The SMILES string of the molecule is C=CCn1c(=O)c2cnc(Nc3ccc4c(c3)CCN3CCOCC43)nc2n1-c1cccc(C(C)(C)O)n1. The molecule has 5 heterocycles. The Morgan fingerprint density at radius 3 is 2.92 bits per heavy atom. The summed E-state index contributed by atoms with van der Waals surface area (Å²) in [5, 5.41) is 14.2. The van der Waals surface area contributed by atoms with Crippen LogP contribution in [0.2, 0.25) is 0 Å². The summed E-state index contributed by atoms with van der Waals surface area (Å²) in [6.45, 7) is 10.9. The van der Waals surface area contributed by atoms with Gasteiger partial charge < -0.3 is 15.2 Å². The van der Waals surface area contributed by atoms with Gasteiger partial charge in [-0.3, -0.25) is 9.69 Å². The summed E-state index contributed by atoms with van der Waals surface area (Å²) < 4.78 is 8.91. The van der Waals surface area contributed by atoms with Crippen molar-refractivity contribution in [3.8, 4) is 5.82 Å². The van der Waals surface area contributed by atoms with E-state index in [1.165, 1.54) is 15.8 Å². The van der Waals surface area contributed by atoms with Crippen LogP contribution in [0.15, 0.2) is 60.0 Å². The van der Waals surface area contributed by atoms with E-state index in [4.69, 9.17) is 9.72 Å². The minimum Gasteiger partial charge on any atom is -0.384 e. The van der Waals surface area contributed by atoms with Crippen molar-refractivity contribution >= 4 is 22.7 Å². The zero-order chi connectivity index (χ0) is 26.4. The van der Waals surface area contributed by atoms with E-state index in [0.29, 0.717) is 34.5 Å². The Morgan fingerprint density at radius 1 is 1.24 bits per heavy atom. The molecule has 1 aromatic carbocycles. The lowest BCUT2D eigenvalue weighted by Gasteiger charge is -2.40. The Kier molecular flexibility index (Phi) is 6.10. The summed E-state index contributed by atoms with van der Waals surface area (Å²) in [4.78, 5) is 29.5. The van der Waals surface area contributed by atoms with Crippen molar-refractivity contribution in [2.24, 2.45) is 0 Å². The number of anilines is 2. The number of morpholine rings is 1. The number of pyridine rings is 1. The van der Waals surface area contributed by atoms with Crippen LogP contribution in [-0.2, 0) is 23.3 Å². The third-order valence-electron chi connectivity index (χ3n) is 7.22. The van der Waals surface area contributed by atoms with Crippen molar-refractivity contribution in [3.05, 3.63) is 82.4 Å². The normalized spacial score (nSPS) is 17.7. The number of aliphatic hydroxyl groups is 1. The molecule has 0 saturated carbocycles. The molecule has 1 atom stereocenters. The Bertz CT molecular complexity index is 1580. The van der Waals surface area contributed by atoms with E-state index < -0.39 is 5.60 Å². The quantitative estimate of drug-likeness (QED) is 0.379. The first-order valence-electron chi connectivity index (χ1n) is 12.8. The second-order valence-corrected chi connectivity index (χ2v) is 10.3. The maximum Gasteiger partial charge on any atom is 0.278 e. The molecule has 2 aliphatic rings. The van der Waals surface area contributed by atoms with Crippen LogP contribution >= 0.6 is 0 Å². The molecule has 2 N–H and O–H groups in total. The average Bonchev–Trinajstić information content (AvgIpc) is 3.19. The van der Waals surface area contributed by atoms with Crippen molar-refractivity contribution in [1.29, 1.82) is 0 Å². The Labute approximate surface area is 220 Å². The summed E-state index contributed by atoms with van der Waals surface area (Å²) in [7, 11) is 0. The highest BCUT2D eigenvalue weighted by Gasteiger charge is 2.30. The molecular formula is C28H31N7O3. The smallest absolute Gasteiger partial charge is 0.278 e. The van der Waals surface area contributed by atoms with Gasteiger partial charge in [-0.05, 0) is 55.7 Å². The van der Waals surface area contributed by atoms with Gasteiger partial charge in [0, 0.05) is 25.0 Å². The van der Waals surface area contributed by atoms with E-state index >= 15 is 0 Å². The minimum absolute atomic E-state index is 0.241. The Morgan fingerprint density at radius 2 is 2.11 bits per heavy atom. The molecule has 0 radical (unpaired) electrons. The molecule has 0 amide bonds. The largest absolute Gasteiger partial charge is 0.384 e. The molecule has 2 aliphatic heterocycles. The molecule has 4 aromatic rings. The molecule has 1 fully saturated rings. The molecule has 10 nitrogen and oxygen atoms in total. The van der Waals surface area contributed by atoms with Crippen LogP contribution in [0.5, 0.6) is 0 Å². The highest BCUT2D eigenvalue weighted by Crippen LogP contribution is 2.33. The molecule has 0 spiro atoms. The van der Waals surface area contributed by atoms with Crippen molar-refractivity contribution in [1.82, 2.24) is 29.2 Å². The number of ether oxygens (including phenoxy) is 1. The number of fused-ring (bicyclic) bond motifs is 4. The van der Waals surface area contributed by atoms with Gasteiger partial charge >= 0.3 is 0 Å². The zero-order valence-corrected chi connectivity index (χ0v) is 21.6.